The van der Waals surface area contributed by atoms with Crippen molar-refractivity contribution in [3.05, 3.63) is 22.4 Å². The first-order valence-electron chi connectivity index (χ1n) is 6.29. The molecule has 2 unspecified atom stereocenters. The summed E-state index contributed by atoms with van der Waals surface area (Å²) in [5, 5.41) is 15.8. The van der Waals surface area contributed by atoms with Gasteiger partial charge in [-0.15, -0.1) is 11.3 Å². The number of nitrogens with one attached hydrogen (secondary N) is 1. The number of hydrogen-bond donors (Lipinski definition) is 2. The Labute approximate surface area is 109 Å². The summed E-state index contributed by atoms with van der Waals surface area (Å²) in [7, 11) is 0. The molecular formula is C14H25NOS. The third-order valence-corrected chi connectivity index (χ3v) is 4.32. The fraction of sp³-hybridized carbons (Fsp3) is 0.714. The summed E-state index contributed by atoms with van der Waals surface area (Å²) in [5.41, 5.74) is -0.0975. The summed E-state index contributed by atoms with van der Waals surface area (Å²) < 4.78 is 0. The summed E-state index contributed by atoms with van der Waals surface area (Å²) in [6.07, 6.45) is -0.273. The van der Waals surface area contributed by atoms with Gasteiger partial charge in [-0.1, -0.05) is 33.8 Å². The highest BCUT2D eigenvalue weighted by Crippen LogP contribution is 2.27. The van der Waals surface area contributed by atoms with Crippen LogP contribution in [-0.4, -0.2) is 17.8 Å². The molecule has 2 atom stereocenters. The van der Waals surface area contributed by atoms with Crippen molar-refractivity contribution in [1.82, 2.24) is 5.32 Å². The maximum Gasteiger partial charge on any atom is 0.0626 e. The molecule has 1 aromatic rings. The topological polar surface area (TPSA) is 32.3 Å². The minimum Gasteiger partial charge on any atom is -0.392 e. The highest BCUT2D eigenvalue weighted by molar-refractivity contribution is 7.10. The molecule has 0 fully saturated rings. The fourth-order valence-electron chi connectivity index (χ4n) is 2.06. The SMILES string of the molecule is CC(NCC(C)(C)C(O)C(C)C)c1cccs1. The molecule has 2 N–H and O–H groups in total. The van der Waals surface area contributed by atoms with Gasteiger partial charge in [-0.25, -0.2) is 0 Å². The summed E-state index contributed by atoms with van der Waals surface area (Å²) >= 11 is 1.77. The van der Waals surface area contributed by atoms with Crippen molar-refractivity contribution >= 4 is 11.3 Å². The molecule has 0 amide bonds. The average molecular weight is 255 g/mol. The van der Waals surface area contributed by atoms with E-state index in [-0.39, 0.29) is 11.5 Å². The Balaban J connectivity index is 2.49. The minimum absolute atomic E-state index is 0.0975. The zero-order chi connectivity index (χ0) is 13.1. The molecule has 0 saturated heterocycles. The number of hydrogen-bond acceptors (Lipinski definition) is 3. The van der Waals surface area contributed by atoms with E-state index in [0.29, 0.717) is 12.0 Å². The minimum atomic E-state index is -0.273. The van der Waals surface area contributed by atoms with Gasteiger partial charge in [0.2, 0.25) is 0 Å². The van der Waals surface area contributed by atoms with Crippen molar-refractivity contribution in [3.8, 4) is 0 Å². The molecule has 2 nitrogen and oxygen atoms in total. The van der Waals surface area contributed by atoms with E-state index < -0.39 is 0 Å². The van der Waals surface area contributed by atoms with Gasteiger partial charge in [-0.05, 0) is 24.3 Å². The predicted molar refractivity (Wildman–Crippen MR) is 75.4 cm³/mol. The van der Waals surface area contributed by atoms with Crippen molar-refractivity contribution in [2.24, 2.45) is 11.3 Å². The molecule has 0 saturated carbocycles. The molecule has 0 aliphatic heterocycles. The largest absolute Gasteiger partial charge is 0.392 e. The van der Waals surface area contributed by atoms with E-state index in [0.717, 1.165) is 6.54 Å². The lowest BCUT2D eigenvalue weighted by Crippen LogP contribution is -2.42. The number of aliphatic hydroxyl groups is 1. The van der Waals surface area contributed by atoms with Crippen LogP contribution in [0.15, 0.2) is 17.5 Å². The van der Waals surface area contributed by atoms with E-state index in [1.165, 1.54) is 4.88 Å². The van der Waals surface area contributed by atoms with Crippen molar-refractivity contribution in [1.29, 1.82) is 0 Å². The smallest absolute Gasteiger partial charge is 0.0626 e. The second kappa shape index (κ2) is 5.98. The number of aliphatic hydroxyl groups excluding tert-OH is 1. The fourth-order valence-corrected chi connectivity index (χ4v) is 2.82. The second-order valence-corrected chi connectivity index (χ2v) is 6.77. The molecule has 1 aromatic heterocycles. The Bertz CT molecular complexity index is 319. The van der Waals surface area contributed by atoms with Gasteiger partial charge in [0.15, 0.2) is 0 Å². The van der Waals surface area contributed by atoms with Crippen LogP contribution in [0.1, 0.15) is 45.5 Å². The van der Waals surface area contributed by atoms with Gasteiger partial charge in [0, 0.05) is 22.9 Å². The van der Waals surface area contributed by atoms with E-state index >= 15 is 0 Å². The first-order chi connectivity index (χ1) is 7.84. The summed E-state index contributed by atoms with van der Waals surface area (Å²) in [6.45, 7) is 11.4. The van der Waals surface area contributed by atoms with Crippen molar-refractivity contribution in [2.45, 2.75) is 46.8 Å². The molecular weight excluding hydrogens is 230 g/mol. The van der Waals surface area contributed by atoms with Gasteiger partial charge < -0.3 is 10.4 Å². The number of rotatable bonds is 6. The maximum atomic E-state index is 10.2. The lowest BCUT2D eigenvalue weighted by Gasteiger charge is -2.34. The third-order valence-electron chi connectivity index (χ3n) is 3.27. The molecule has 1 heterocycles. The molecule has 1 rings (SSSR count). The monoisotopic (exact) mass is 255 g/mol. The van der Waals surface area contributed by atoms with Crippen LogP contribution in [0.2, 0.25) is 0 Å². The summed E-state index contributed by atoms with van der Waals surface area (Å²) in [5.74, 6) is 0.295. The predicted octanol–water partition coefficient (Wildman–Crippen LogP) is 3.44. The van der Waals surface area contributed by atoms with Crippen LogP contribution >= 0.6 is 11.3 Å². The van der Waals surface area contributed by atoms with E-state index in [4.69, 9.17) is 0 Å². The molecule has 3 heteroatoms. The lowest BCUT2D eigenvalue weighted by atomic mass is 9.80. The normalized spacial score (nSPS) is 16.2. The second-order valence-electron chi connectivity index (χ2n) is 5.80. The van der Waals surface area contributed by atoms with Crippen LogP contribution in [-0.2, 0) is 0 Å². The van der Waals surface area contributed by atoms with E-state index in [2.05, 4.69) is 57.4 Å². The van der Waals surface area contributed by atoms with Gasteiger partial charge >= 0.3 is 0 Å². The van der Waals surface area contributed by atoms with Crippen molar-refractivity contribution < 1.29 is 5.11 Å². The molecule has 0 aromatic carbocycles. The average Bonchev–Trinajstić information content (AvgIpc) is 2.78. The van der Waals surface area contributed by atoms with Crippen molar-refractivity contribution in [3.63, 3.8) is 0 Å². The first-order valence-corrected chi connectivity index (χ1v) is 7.17. The van der Waals surface area contributed by atoms with Crippen LogP contribution in [0.4, 0.5) is 0 Å². The molecule has 0 bridgehead atoms. The zero-order valence-corrected chi connectivity index (χ0v) is 12.3. The number of thiophene rings is 1. The van der Waals surface area contributed by atoms with Gasteiger partial charge in [0.1, 0.15) is 0 Å². The maximum absolute atomic E-state index is 10.2. The third kappa shape index (κ3) is 4.09. The van der Waals surface area contributed by atoms with Crippen LogP contribution in [0.3, 0.4) is 0 Å². The first kappa shape index (κ1) is 14.7. The summed E-state index contributed by atoms with van der Waals surface area (Å²) in [4.78, 5) is 1.35. The van der Waals surface area contributed by atoms with E-state index in [1.807, 2.05) is 0 Å². The van der Waals surface area contributed by atoms with Crippen LogP contribution in [0.25, 0.3) is 0 Å². The Hall–Kier alpha value is -0.380. The Morgan fingerprint density at radius 1 is 1.35 bits per heavy atom. The van der Waals surface area contributed by atoms with Crippen molar-refractivity contribution in [2.75, 3.05) is 6.54 Å². The molecule has 0 aliphatic rings. The molecule has 0 radical (unpaired) electrons. The lowest BCUT2D eigenvalue weighted by molar-refractivity contribution is 0.0124. The standard InChI is InChI=1S/C14H25NOS/c1-10(2)13(16)14(4,5)9-15-11(3)12-7-6-8-17-12/h6-8,10-11,13,15-16H,9H2,1-5H3. The van der Waals surface area contributed by atoms with Crippen LogP contribution in [0.5, 0.6) is 0 Å². The van der Waals surface area contributed by atoms with Gasteiger partial charge in [0.25, 0.3) is 0 Å². The molecule has 98 valence electrons. The molecule has 17 heavy (non-hydrogen) atoms. The van der Waals surface area contributed by atoms with Crippen LogP contribution < -0.4 is 5.32 Å². The zero-order valence-electron chi connectivity index (χ0n) is 11.5. The van der Waals surface area contributed by atoms with E-state index in [1.54, 1.807) is 11.3 Å². The van der Waals surface area contributed by atoms with Gasteiger partial charge in [-0.2, -0.15) is 0 Å². The Kier molecular flexibility index (Phi) is 5.17. The van der Waals surface area contributed by atoms with Gasteiger partial charge in [-0.3, -0.25) is 0 Å². The Morgan fingerprint density at radius 2 is 2.00 bits per heavy atom. The highest BCUT2D eigenvalue weighted by atomic mass is 32.1. The summed E-state index contributed by atoms with van der Waals surface area (Å²) in [6, 6.07) is 4.58. The van der Waals surface area contributed by atoms with E-state index in [9.17, 15) is 5.11 Å². The van der Waals surface area contributed by atoms with Gasteiger partial charge in [0.05, 0.1) is 6.10 Å². The highest BCUT2D eigenvalue weighted by Gasteiger charge is 2.30. The quantitative estimate of drug-likeness (QED) is 0.816. The molecule has 0 aliphatic carbocycles. The molecule has 0 spiro atoms. The Morgan fingerprint density at radius 3 is 2.47 bits per heavy atom. The van der Waals surface area contributed by atoms with Crippen LogP contribution in [0, 0.1) is 11.3 Å².